The van der Waals surface area contributed by atoms with Gasteiger partial charge in [0.2, 0.25) is 0 Å². The highest BCUT2D eigenvalue weighted by Gasteiger charge is 2.15. The molecule has 0 spiro atoms. The van der Waals surface area contributed by atoms with Crippen molar-refractivity contribution < 1.29 is 4.42 Å². The third-order valence-electron chi connectivity index (χ3n) is 5.35. The smallest absolute Gasteiger partial charge is 0.191 e. The Kier molecular flexibility index (Phi) is 8.58. The number of hydrogen-bond acceptors (Lipinski definition) is 4. The van der Waals surface area contributed by atoms with Crippen molar-refractivity contribution in [3.63, 3.8) is 0 Å². The quantitative estimate of drug-likeness (QED) is 0.503. The van der Waals surface area contributed by atoms with E-state index in [1.807, 2.05) is 12.1 Å². The topological polar surface area (TPSA) is 56.0 Å². The molecule has 6 heteroatoms. The normalized spacial score (nSPS) is 16.1. The van der Waals surface area contributed by atoms with Crippen LogP contribution in [0.1, 0.15) is 30.7 Å². The number of furan rings is 1. The Labute approximate surface area is 175 Å². The van der Waals surface area contributed by atoms with Gasteiger partial charge < -0.3 is 20.0 Å². The lowest BCUT2D eigenvalue weighted by molar-refractivity contribution is 0.132. The lowest BCUT2D eigenvalue weighted by Gasteiger charge is -2.34. The Morgan fingerprint density at radius 2 is 1.69 bits per heavy atom. The predicted octanol–water partition coefficient (Wildman–Crippen LogP) is 2.71. The Hall–Kier alpha value is -2.31. The molecule has 158 valence electrons. The molecule has 0 atom stereocenters. The van der Waals surface area contributed by atoms with E-state index in [4.69, 9.17) is 9.41 Å². The third kappa shape index (κ3) is 7.22. The van der Waals surface area contributed by atoms with Crippen LogP contribution in [0.4, 0.5) is 0 Å². The van der Waals surface area contributed by atoms with Crippen LogP contribution in [0, 0.1) is 0 Å². The monoisotopic (exact) mass is 397 g/mol. The van der Waals surface area contributed by atoms with E-state index in [1.54, 1.807) is 6.26 Å². The van der Waals surface area contributed by atoms with Crippen LogP contribution in [0.25, 0.3) is 0 Å². The van der Waals surface area contributed by atoms with Gasteiger partial charge in [0.15, 0.2) is 5.96 Å². The summed E-state index contributed by atoms with van der Waals surface area (Å²) in [6.07, 6.45) is 2.56. The molecule has 2 aromatic rings. The molecule has 1 aromatic heterocycles. The van der Waals surface area contributed by atoms with Crippen molar-refractivity contribution in [2.75, 3.05) is 45.8 Å². The van der Waals surface area contributed by atoms with Crippen LogP contribution in [0.15, 0.2) is 52.1 Å². The Morgan fingerprint density at radius 1 is 0.966 bits per heavy atom. The maximum absolute atomic E-state index is 5.38. The SMILES string of the molecule is CCNC(=NCc1ccc(CN2CCN(CC)CC2)cc1)NCCc1ccco1. The molecule has 0 amide bonds. The van der Waals surface area contributed by atoms with Gasteiger partial charge in [0.05, 0.1) is 12.8 Å². The second-order valence-electron chi connectivity index (χ2n) is 7.48. The van der Waals surface area contributed by atoms with E-state index in [9.17, 15) is 0 Å². The molecule has 0 unspecified atom stereocenters. The van der Waals surface area contributed by atoms with E-state index in [-0.39, 0.29) is 0 Å². The number of piperazine rings is 1. The molecule has 2 heterocycles. The fourth-order valence-corrected chi connectivity index (χ4v) is 3.54. The first-order valence-electron chi connectivity index (χ1n) is 10.8. The second-order valence-corrected chi connectivity index (χ2v) is 7.48. The van der Waals surface area contributed by atoms with Crippen LogP contribution in [0.5, 0.6) is 0 Å². The number of guanidine groups is 1. The average Bonchev–Trinajstić information content (AvgIpc) is 3.27. The minimum Gasteiger partial charge on any atom is -0.469 e. The first-order chi connectivity index (χ1) is 14.3. The molecule has 1 aliphatic rings. The molecule has 6 nitrogen and oxygen atoms in total. The van der Waals surface area contributed by atoms with Gasteiger partial charge in [0.25, 0.3) is 0 Å². The number of benzene rings is 1. The van der Waals surface area contributed by atoms with Gasteiger partial charge in [-0.05, 0) is 36.7 Å². The van der Waals surface area contributed by atoms with E-state index in [2.05, 4.69) is 58.5 Å². The zero-order valence-corrected chi connectivity index (χ0v) is 17.9. The fourth-order valence-electron chi connectivity index (χ4n) is 3.54. The molecule has 0 bridgehead atoms. The zero-order chi connectivity index (χ0) is 20.3. The van der Waals surface area contributed by atoms with Crippen molar-refractivity contribution in [1.29, 1.82) is 0 Å². The number of nitrogens with one attached hydrogen (secondary N) is 2. The van der Waals surface area contributed by atoms with Gasteiger partial charge in [-0.3, -0.25) is 4.90 Å². The van der Waals surface area contributed by atoms with Crippen LogP contribution < -0.4 is 10.6 Å². The minimum absolute atomic E-state index is 0.672. The number of hydrogen-bond donors (Lipinski definition) is 2. The summed E-state index contributed by atoms with van der Waals surface area (Å²) in [6.45, 7) is 13.5. The van der Waals surface area contributed by atoms with E-state index in [0.717, 1.165) is 57.4 Å². The van der Waals surface area contributed by atoms with Gasteiger partial charge >= 0.3 is 0 Å². The van der Waals surface area contributed by atoms with Crippen molar-refractivity contribution >= 4 is 5.96 Å². The van der Waals surface area contributed by atoms with Gasteiger partial charge in [-0.15, -0.1) is 0 Å². The standard InChI is InChI=1S/C23H35N5O/c1-3-24-23(25-12-11-22-6-5-17-29-22)26-18-20-7-9-21(10-8-20)19-28-15-13-27(4-2)14-16-28/h5-10,17H,3-4,11-16,18-19H2,1-2H3,(H2,24,25,26). The molecule has 2 N–H and O–H groups in total. The molecular weight excluding hydrogens is 362 g/mol. The highest BCUT2D eigenvalue weighted by Crippen LogP contribution is 2.11. The van der Waals surface area contributed by atoms with Crippen LogP contribution in [0.3, 0.4) is 0 Å². The number of aliphatic imine (C=N–C) groups is 1. The fraction of sp³-hybridized carbons (Fsp3) is 0.522. The van der Waals surface area contributed by atoms with Crippen LogP contribution >= 0.6 is 0 Å². The van der Waals surface area contributed by atoms with Gasteiger partial charge in [0, 0.05) is 52.2 Å². The lowest BCUT2D eigenvalue weighted by Crippen LogP contribution is -2.45. The minimum atomic E-state index is 0.672. The van der Waals surface area contributed by atoms with Gasteiger partial charge in [-0.1, -0.05) is 31.2 Å². The Balaban J connectivity index is 1.45. The summed E-state index contributed by atoms with van der Waals surface area (Å²) >= 11 is 0. The Bertz CT molecular complexity index is 718. The molecule has 0 radical (unpaired) electrons. The summed E-state index contributed by atoms with van der Waals surface area (Å²) in [5, 5.41) is 6.68. The summed E-state index contributed by atoms with van der Waals surface area (Å²) in [6, 6.07) is 12.8. The molecule has 3 rings (SSSR count). The first kappa shape index (κ1) is 21.4. The summed E-state index contributed by atoms with van der Waals surface area (Å²) in [5.41, 5.74) is 2.61. The number of rotatable bonds is 9. The van der Waals surface area contributed by atoms with Crippen LogP contribution in [0.2, 0.25) is 0 Å². The highest BCUT2D eigenvalue weighted by molar-refractivity contribution is 5.79. The first-order valence-corrected chi connectivity index (χ1v) is 10.8. The van der Waals surface area contributed by atoms with Crippen molar-refractivity contribution in [3.05, 3.63) is 59.5 Å². The largest absolute Gasteiger partial charge is 0.469 e. The lowest BCUT2D eigenvalue weighted by atomic mass is 10.1. The van der Waals surface area contributed by atoms with Crippen LogP contribution in [-0.4, -0.2) is 61.6 Å². The van der Waals surface area contributed by atoms with E-state index < -0.39 is 0 Å². The molecule has 29 heavy (non-hydrogen) atoms. The van der Waals surface area contributed by atoms with Crippen LogP contribution in [-0.2, 0) is 19.5 Å². The summed E-state index contributed by atoms with van der Waals surface area (Å²) < 4.78 is 5.38. The molecular formula is C23H35N5O. The maximum atomic E-state index is 5.38. The average molecular weight is 398 g/mol. The molecule has 1 fully saturated rings. The van der Waals surface area contributed by atoms with Crippen molar-refractivity contribution in [2.45, 2.75) is 33.4 Å². The highest BCUT2D eigenvalue weighted by atomic mass is 16.3. The van der Waals surface area contributed by atoms with E-state index in [0.29, 0.717) is 6.54 Å². The van der Waals surface area contributed by atoms with Crippen molar-refractivity contribution in [2.24, 2.45) is 4.99 Å². The molecule has 0 aliphatic carbocycles. The van der Waals surface area contributed by atoms with E-state index in [1.165, 1.54) is 24.2 Å². The number of likely N-dealkylation sites (N-methyl/N-ethyl adjacent to an activating group) is 1. The molecule has 1 aromatic carbocycles. The molecule has 0 saturated carbocycles. The van der Waals surface area contributed by atoms with Gasteiger partial charge in [-0.2, -0.15) is 0 Å². The third-order valence-corrected chi connectivity index (χ3v) is 5.35. The number of nitrogens with zero attached hydrogens (tertiary/aromatic N) is 3. The summed E-state index contributed by atoms with van der Waals surface area (Å²) in [4.78, 5) is 9.78. The maximum Gasteiger partial charge on any atom is 0.191 e. The Morgan fingerprint density at radius 3 is 2.34 bits per heavy atom. The van der Waals surface area contributed by atoms with Gasteiger partial charge in [-0.25, -0.2) is 4.99 Å². The van der Waals surface area contributed by atoms with E-state index >= 15 is 0 Å². The van der Waals surface area contributed by atoms with Crippen molar-refractivity contribution in [1.82, 2.24) is 20.4 Å². The van der Waals surface area contributed by atoms with Crippen molar-refractivity contribution in [3.8, 4) is 0 Å². The second kappa shape index (κ2) is 11.6. The van der Waals surface area contributed by atoms with Gasteiger partial charge in [0.1, 0.15) is 5.76 Å². The summed E-state index contributed by atoms with van der Waals surface area (Å²) in [7, 11) is 0. The summed E-state index contributed by atoms with van der Waals surface area (Å²) in [5.74, 6) is 1.83. The zero-order valence-electron chi connectivity index (χ0n) is 17.9. The molecule has 1 saturated heterocycles. The molecule has 1 aliphatic heterocycles. The predicted molar refractivity (Wildman–Crippen MR) is 119 cm³/mol.